The summed E-state index contributed by atoms with van der Waals surface area (Å²) in [5.74, 6) is -1.21. The van der Waals surface area contributed by atoms with Crippen LogP contribution in [0.15, 0.2) is 15.8 Å². The molecule has 0 spiro atoms. The maximum absolute atomic E-state index is 13.2. The second-order valence-electron chi connectivity index (χ2n) is 4.36. The van der Waals surface area contributed by atoms with Crippen LogP contribution in [0.5, 0.6) is 0 Å². The number of halogens is 1. The average molecular weight is 395 g/mol. The van der Waals surface area contributed by atoms with Gasteiger partial charge in [-0.3, -0.25) is 18.9 Å². The summed E-state index contributed by atoms with van der Waals surface area (Å²) in [4.78, 5) is 41.3. The Labute approximate surface area is 201 Å². The van der Waals surface area contributed by atoms with Crippen molar-refractivity contribution in [3.05, 3.63) is 32.9 Å². The van der Waals surface area contributed by atoms with Crippen LogP contribution in [0.2, 0.25) is 0 Å². The average Bonchev–Trinajstić information content (AvgIpc) is 2.72. The van der Waals surface area contributed by atoms with Crippen molar-refractivity contribution in [1.82, 2.24) is 9.55 Å². The number of hydrogen-bond donors (Lipinski definition) is 4. The molecule has 24 heavy (non-hydrogen) atoms. The SMILES string of the molecule is O=c1[nH]c(=O)n([C@H]2C[C@H](O)[C@@H](COP(=O)(O)O)O2)cc1F.[Na].[Na].[Na]. The standard InChI is InChI=1S/C9H12FN2O8P.3Na/c10-4-2-12(9(15)11-8(4)14)7-1-5(13)6(20-7)3-19-21(16,17)18;;;/h2,5-7,13H,1,3H2,(H,11,14,15)(H2,16,17,18);;;/t5-,6+,7+;;;/m0.../s1. The maximum Gasteiger partial charge on any atom is 0.469 e. The van der Waals surface area contributed by atoms with Crippen LogP contribution >= 0.6 is 7.82 Å². The molecule has 10 nitrogen and oxygen atoms in total. The van der Waals surface area contributed by atoms with Crippen LogP contribution < -0.4 is 11.2 Å². The van der Waals surface area contributed by atoms with Crippen LogP contribution in [-0.4, -0.2) is 132 Å². The van der Waals surface area contributed by atoms with Crippen LogP contribution in [0.4, 0.5) is 4.39 Å². The van der Waals surface area contributed by atoms with E-state index in [-0.39, 0.29) is 95.1 Å². The van der Waals surface area contributed by atoms with Gasteiger partial charge >= 0.3 is 13.5 Å². The van der Waals surface area contributed by atoms with Gasteiger partial charge in [0.2, 0.25) is 5.82 Å². The molecule has 0 amide bonds. The Morgan fingerprint density at radius 2 is 1.96 bits per heavy atom. The van der Waals surface area contributed by atoms with E-state index in [4.69, 9.17) is 14.5 Å². The number of aromatic nitrogens is 2. The van der Waals surface area contributed by atoms with E-state index in [1.54, 1.807) is 4.98 Å². The molecule has 1 fully saturated rings. The molecule has 3 radical (unpaired) electrons. The quantitative estimate of drug-likeness (QED) is 0.318. The molecular weight excluding hydrogens is 383 g/mol. The first-order chi connectivity index (χ1) is 9.67. The molecule has 2 rings (SSSR count). The predicted molar refractivity (Wildman–Crippen MR) is 81.1 cm³/mol. The van der Waals surface area contributed by atoms with Gasteiger partial charge in [-0.05, 0) is 0 Å². The zero-order valence-electron chi connectivity index (χ0n) is 13.4. The van der Waals surface area contributed by atoms with Gasteiger partial charge in [0.15, 0.2) is 0 Å². The molecule has 0 aliphatic carbocycles. The molecule has 15 heteroatoms. The van der Waals surface area contributed by atoms with Gasteiger partial charge in [0.25, 0.3) is 5.56 Å². The Morgan fingerprint density at radius 3 is 2.50 bits per heavy atom. The molecule has 0 aromatic carbocycles. The number of nitrogens with zero attached hydrogens (tertiary/aromatic N) is 1. The van der Waals surface area contributed by atoms with Crippen molar-refractivity contribution in [3.63, 3.8) is 0 Å². The Bertz CT molecular complexity index is 694. The zero-order chi connectivity index (χ0) is 15.8. The molecule has 1 aliphatic heterocycles. The van der Waals surface area contributed by atoms with Crippen molar-refractivity contribution in [2.45, 2.75) is 24.9 Å². The normalized spacial score (nSPS) is 22.9. The molecule has 3 atom stereocenters. The first-order valence-electron chi connectivity index (χ1n) is 5.72. The van der Waals surface area contributed by atoms with Crippen molar-refractivity contribution >= 4 is 96.5 Å². The van der Waals surface area contributed by atoms with Crippen LogP contribution in [-0.2, 0) is 13.8 Å². The van der Waals surface area contributed by atoms with E-state index < -0.39 is 49.9 Å². The smallest absolute Gasteiger partial charge is 0.390 e. The van der Waals surface area contributed by atoms with E-state index in [1.165, 1.54) is 0 Å². The first-order valence-corrected chi connectivity index (χ1v) is 7.25. The largest absolute Gasteiger partial charge is 0.469 e. The number of aliphatic hydroxyl groups excluding tert-OH is 1. The van der Waals surface area contributed by atoms with E-state index in [0.717, 1.165) is 4.57 Å². The van der Waals surface area contributed by atoms with Crippen molar-refractivity contribution in [2.24, 2.45) is 0 Å². The number of rotatable bonds is 4. The van der Waals surface area contributed by atoms with Gasteiger partial charge in [0, 0.05) is 95.1 Å². The van der Waals surface area contributed by atoms with Gasteiger partial charge < -0.3 is 19.6 Å². The molecule has 1 aliphatic rings. The van der Waals surface area contributed by atoms with Crippen LogP contribution in [0.25, 0.3) is 0 Å². The Kier molecular flexibility index (Phi) is 13.3. The Morgan fingerprint density at radius 1 is 1.38 bits per heavy atom. The second kappa shape index (κ2) is 11.5. The van der Waals surface area contributed by atoms with Gasteiger partial charge in [-0.1, -0.05) is 0 Å². The number of phosphoric acid groups is 1. The fraction of sp³-hybridized carbons (Fsp3) is 0.556. The molecule has 0 unspecified atom stereocenters. The molecule has 121 valence electrons. The molecule has 1 saturated heterocycles. The van der Waals surface area contributed by atoms with Gasteiger partial charge in [-0.15, -0.1) is 0 Å². The number of nitrogens with one attached hydrogen (secondary N) is 1. The number of aliphatic hydroxyl groups is 1. The number of ether oxygens (including phenoxy) is 1. The van der Waals surface area contributed by atoms with E-state index in [1.807, 2.05) is 0 Å². The van der Waals surface area contributed by atoms with E-state index in [2.05, 4.69) is 4.52 Å². The Hall–Kier alpha value is 1.64. The Balaban J connectivity index is 0. The van der Waals surface area contributed by atoms with Gasteiger partial charge in [-0.25, -0.2) is 9.36 Å². The van der Waals surface area contributed by atoms with Crippen LogP contribution in [0, 0.1) is 5.82 Å². The summed E-state index contributed by atoms with van der Waals surface area (Å²) in [6, 6.07) is 0. The topological polar surface area (TPSA) is 151 Å². The summed E-state index contributed by atoms with van der Waals surface area (Å²) in [6.07, 6.45) is -2.89. The number of aromatic amines is 1. The van der Waals surface area contributed by atoms with Crippen molar-refractivity contribution < 1.29 is 33.1 Å². The van der Waals surface area contributed by atoms with Crippen LogP contribution in [0.1, 0.15) is 12.6 Å². The molecule has 4 N–H and O–H groups in total. The van der Waals surface area contributed by atoms with Crippen LogP contribution in [0.3, 0.4) is 0 Å². The zero-order valence-corrected chi connectivity index (χ0v) is 20.3. The minimum atomic E-state index is -4.73. The summed E-state index contributed by atoms with van der Waals surface area (Å²) in [5, 5.41) is 9.69. The summed E-state index contributed by atoms with van der Waals surface area (Å²) in [7, 11) is -4.73. The first kappa shape index (κ1) is 27.9. The van der Waals surface area contributed by atoms with E-state index in [9.17, 15) is 23.7 Å². The molecular formula is C9H12FN2Na3O8P. The molecule has 1 aromatic rings. The maximum atomic E-state index is 13.2. The second-order valence-corrected chi connectivity index (χ2v) is 5.60. The number of phosphoric ester groups is 1. The summed E-state index contributed by atoms with van der Waals surface area (Å²) < 4.78 is 33.9. The third-order valence-electron chi connectivity index (χ3n) is 2.85. The summed E-state index contributed by atoms with van der Waals surface area (Å²) >= 11 is 0. The van der Waals surface area contributed by atoms with Crippen molar-refractivity contribution in [3.8, 4) is 0 Å². The number of hydrogen-bond acceptors (Lipinski definition) is 6. The molecule has 1 aromatic heterocycles. The predicted octanol–water partition coefficient (Wildman–Crippen LogP) is -2.71. The molecule has 0 bridgehead atoms. The molecule has 2 heterocycles. The van der Waals surface area contributed by atoms with Gasteiger partial charge in [-0.2, -0.15) is 4.39 Å². The third kappa shape index (κ3) is 7.71. The fourth-order valence-electron chi connectivity index (χ4n) is 1.88. The van der Waals surface area contributed by atoms with Crippen molar-refractivity contribution in [2.75, 3.05) is 6.61 Å². The minimum absolute atomic E-state index is 0. The van der Waals surface area contributed by atoms with Crippen molar-refractivity contribution in [1.29, 1.82) is 0 Å². The van der Waals surface area contributed by atoms with E-state index >= 15 is 0 Å². The van der Waals surface area contributed by atoms with Gasteiger partial charge in [0.05, 0.1) is 18.9 Å². The summed E-state index contributed by atoms with van der Waals surface area (Å²) in [6.45, 7) is -0.609. The van der Waals surface area contributed by atoms with Gasteiger partial charge in [0.1, 0.15) is 12.3 Å². The summed E-state index contributed by atoms with van der Waals surface area (Å²) in [5.41, 5.74) is -2.12. The third-order valence-corrected chi connectivity index (χ3v) is 3.33. The fourth-order valence-corrected chi connectivity index (χ4v) is 2.22. The monoisotopic (exact) mass is 395 g/mol. The molecule has 0 saturated carbocycles. The number of H-pyrrole nitrogens is 1. The minimum Gasteiger partial charge on any atom is -0.390 e. The van der Waals surface area contributed by atoms with E-state index in [0.29, 0.717) is 6.20 Å².